The van der Waals surface area contributed by atoms with Crippen LogP contribution in [0, 0.1) is 0 Å². The number of aromatic nitrogens is 2. The summed E-state index contributed by atoms with van der Waals surface area (Å²) < 4.78 is 13.8. The second-order valence-electron chi connectivity index (χ2n) is 8.66. The number of hydrogen-bond donors (Lipinski definition) is 0. The summed E-state index contributed by atoms with van der Waals surface area (Å²) in [5, 5.41) is 0. The molecule has 1 aromatic carbocycles. The molecule has 2 unspecified atom stereocenters. The van der Waals surface area contributed by atoms with Gasteiger partial charge in [-0.1, -0.05) is 24.3 Å². The molecule has 166 valence electrons. The number of anilines is 3. The third kappa shape index (κ3) is 2.93. The molecule has 3 aromatic rings. The van der Waals surface area contributed by atoms with Crippen LogP contribution in [0.1, 0.15) is 47.3 Å². The Morgan fingerprint density at radius 3 is 2.61 bits per heavy atom. The minimum Gasteiger partial charge on any atom is -0.340 e. The van der Waals surface area contributed by atoms with Crippen LogP contribution in [0.15, 0.2) is 60.9 Å². The van der Waals surface area contributed by atoms with Crippen LogP contribution in [0.3, 0.4) is 0 Å². The van der Waals surface area contributed by atoms with Crippen LogP contribution < -0.4 is 14.7 Å². The molecule has 4 heterocycles. The fourth-order valence-electron chi connectivity index (χ4n) is 5.00. The van der Waals surface area contributed by atoms with Gasteiger partial charge in [0.1, 0.15) is 11.9 Å². The fourth-order valence-corrected chi connectivity index (χ4v) is 5.00. The van der Waals surface area contributed by atoms with E-state index in [1.165, 1.54) is 0 Å². The second kappa shape index (κ2) is 7.37. The zero-order valence-electron chi connectivity index (χ0n) is 18.1. The number of hydrogen-bond acceptors (Lipinski definition) is 5. The summed E-state index contributed by atoms with van der Waals surface area (Å²) in [7, 11) is 0. The smallest absolute Gasteiger partial charge is 0.260 e. The first-order chi connectivity index (χ1) is 16.1. The lowest BCUT2D eigenvalue weighted by atomic mass is 9.99. The summed E-state index contributed by atoms with van der Waals surface area (Å²) in [5.74, 6) is 0.597. The molecule has 2 aromatic heterocycles. The van der Waals surface area contributed by atoms with Gasteiger partial charge in [0.25, 0.3) is 11.8 Å². The average Bonchev–Trinajstić information content (AvgIpc) is 3.64. The Labute approximate surface area is 190 Å². The molecule has 0 N–H and O–H groups in total. The van der Waals surface area contributed by atoms with E-state index in [2.05, 4.69) is 4.98 Å². The van der Waals surface area contributed by atoms with Gasteiger partial charge in [-0.3, -0.25) is 24.4 Å². The molecule has 33 heavy (non-hydrogen) atoms. The molecule has 0 radical (unpaired) electrons. The molecule has 1 saturated carbocycles. The third-order valence-corrected chi connectivity index (χ3v) is 6.69. The van der Waals surface area contributed by atoms with Crippen LogP contribution >= 0.6 is 0 Å². The number of amides is 2. The van der Waals surface area contributed by atoms with E-state index in [0.717, 1.165) is 28.9 Å². The number of nitrogens with zero attached hydrogens (tertiary/aromatic N) is 5. The van der Waals surface area contributed by atoms with Gasteiger partial charge in [-0.2, -0.15) is 0 Å². The maximum absolute atomic E-state index is 13.8. The molecule has 2 aliphatic heterocycles. The van der Waals surface area contributed by atoms with Gasteiger partial charge in [0.2, 0.25) is 0 Å². The van der Waals surface area contributed by atoms with Crippen LogP contribution in [0.4, 0.5) is 21.7 Å². The standard InChI is InChI=1S/C25H22FN5O2/c1-15-24(32)29(14-26)20-10-11-21(28-23(20)30(15)17-8-9-17)31-22(16-5-4-12-27-13-16)18-6-2-3-7-19(18)25(31)33/h2-7,10-13,15,17,22H,8-9,14H2,1H3. The number of rotatable bonds is 4. The number of pyridine rings is 2. The first-order valence-corrected chi connectivity index (χ1v) is 11.1. The Bertz CT molecular complexity index is 1260. The summed E-state index contributed by atoms with van der Waals surface area (Å²) in [6.45, 7) is 0.873. The number of carbonyl (C=O) groups excluding carboxylic acids is 2. The van der Waals surface area contributed by atoms with Crippen LogP contribution in [0.25, 0.3) is 0 Å². The molecule has 0 spiro atoms. The van der Waals surface area contributed by atoms with Crippen LogP contribution in [-0.4, -0.2) is 40.7 Å². The molecular weight excluding hydrogens is 421 g/mol. The van der Waals surface area contributed by atoms with E-state index >= 15 is 0 Å². The highest BCUT2D eigenvalue weighted by atomic mass is 19.1. The van der Waals surface area contributed by atoms with Gasteiger partial charge in [-0.05, 0) is 55.2 Å². The molecule has 1 fully saturated rings. The van der Waals surface area contributed by atoms with E-state index in [0.29, 0.717) is 22.9 Å². The highest BCUT2D eigenvalue weighted by Crippen LogP contribution is 2.45. The Kier molecular flexibility index (Phi) is 4.43. The van der Waals surface area contributed by atoms with Crippen molar-refractivity contribution >= 4 is 29.1 Å². The van der Waals surface area contributed by atoms with Crippen molar-refractivity contribution < 1.29 is 14.0 Å². The minimum atomic E-state index is -0.915. The normalized spacial score (nSPS) is 21.9. The van der Waals surface area contributed by atoms with E-state index < -0.39 is 12.8 Å². The van der Waals surface area contributed by atoms with E-state index in [-0.39, 0.29) is 23.9 Å². The van der Waals surface area contributed by atoms with Crippen molar-refractivity contribution in [3.63, 3.8) is 0 Å². The third-order valence-electron chi connectivity index (χ3n) is 6.69. The number of benzene rings is 1. The van der Waals surface area contributed by atoms with Crippen LogP contribution in [0.2, 0.25) is 0 Å². The van der Waals surface area contributed by atoms with Gasteiger partial charge in [-0.15, -0.1) is 0 Å². The van der Waals surface area contributed by atoms with Crippen molar-refractivity contribution in [2.75, 3.05) is 21.5 Å². The van der Waals surface area contributed by atoms with Crippen molar-refractivity contribution in [3.8, 4) is 0 Å². The summed E-state index contributed by atoms with van der Waals surface area (Å²) in [5.41, 5.74) is 2.84. The van der Waals surface area contributed by atoms with Gasteiger partial charge in [-0.25, -0.2) is 9.37 Å². The second-order valence-corrected chi connectivity index (χ2v) is 8.66. The largest absolute Gasteiger partial charge is 0.340 e. The Hall–Kier alpha value is -3.81. The van der Waals surface area contributed by atoms with Crippen LogP contribution in [0.5, 0.6) is 0 Å². The highest BCUT2D eigenvalue weighted by Gasteiger charge is 2.45. The zero-order valence-corrected chi connectivity index (χ0v) is 18.1. The van der Waals surface area contributed by atoms with Crippen LogP contribution in [-0.2, 0) is 4.79 Å². The van der Waals surface area contributed by atoms with Gasteiger partial charge in [0, 0.05) is 24.0 Å². The maximum Gasteiger partial charge on any atom is 0.260 e. The van der Waals surface area contributed by atoms with Gasteiger partial charge in [0.15, 0.2) is 12.6 Å². The monoisotopic (exact) mass is 443 g/mol. The van der Waals surface area contributed by atoms with E-state index in [4.69, 9.17) is 4.98 Å². The zero-order chi connectivity index (χ0) is 22.7. The summed E-state index contributed by atoms with van der Waals surface area (Å²) >= 11 is 0. The predicted octanol–water partition coefficient (Wildman–Crippen LogP) is 3.86. The van der Waals surface area contributed by atoms with Gasteiger partial charge in [0.05, 0.1) is 11.7 Å². The molecule has 7 nitrogen and oxygen atoms in total. The van der Waals surface area contributed by atoms with Crippen molar-refractivity contribution in [3.05, 3.63) is 77.6 Å². The molecule has 3 aliphatic rings. The molecule has 0 bridgehead atoms. The molecule has 0 saturated heterocycles. The van der Waals surface area contributed by atoms with Crippen molar-refractivity contribution in [2.24, 2.45) is 0 Å². The lowest BCUT2D eigenvalue weighted by Gasteiger charge is -2.40. The fraction of sp³-hybridized carbons (Fsp3) is 0.280. The first-order valence-electron chi connectivity index (χ1n) is 11.1. The lowest BCUT2D eigenvalue weighted by molar-refractivity contribution is -0.120. The van der Waals surface area contributed by atoms with E-state index in [9.17, 15) is 14.0 Å². The topological polar surface area (TPSA) is 69.6 Å². The average molecular weight is 443 g/mol. The number of carbonyl (C=O) groups is 2. The molecule has 6 rings (SSSR count). The van der Waals surface area contributed by atoms with Gasteiger partial charge < -0.3 is 4.90 Å². The number of halogens is 1. The first kappa shape index (κ1) is 19.8. The molecule has 8 heteroatoms. The summed E-state index contributed by atoms with van der Waals surface area (Å²) in [6.07, 6.45) is 5.38. The predicted molar refractivity (Wildman–Crippen MR) is 122 cm³/mol. The Morgan fingerprint density at radius 2 is 1.88 bits per heavy atom. The van der Waals surface area contributed by atoms with Crippen molar-refractivity contribution in [2.45, 2.75) is 37.9 Å². The molecular formula is C25H22FN5O2. The minimum absolute atomic E-state index is 0.146. The van der Waals surface area contributed by atoms with E-state index in [1.807, 2.05) is 41.3 Å². The van der Waals surface area contributed by atoms with Crippen molar-refractivity contribution in [1.82, 2.24) is 9.97 Å². The maximum atomic E-state index is 13.8. The van der Waals surface area contributed by atoms with Gasteiger partial charge >= 0.3 is 0 Å². The lowest BCUT2D eigenvalue weighted by Crippen LogP contribution is -2.53. The SMILES string of the molecule is CC1C(=O)N(CF)c2ccc(N3C(=O)c4ccccc4C3c3cccnc3)nc2N1C1CC1. The molecule has 2 atom stereocenters. The Morgan fingerprint density at radius 1 is 1.06 bits per heavy atom. The summed E-state index contributed by atoms with van der Waals surface area (Å²) in [4.78, 5) is 40.3. The van der Waals surface area contributed by atoms with Crippen molar-refractivity contribution in [1.29, 1.82) is 0 Å². The molecule has 2 amide bonds. The number of alkyl halides is 1. The Balaban J connectivity index is 1.51. The quantitative estimate of drug-likeness (QED) is 0.573. The van der Waals surface area contributed by atoms with E-state index in [1.54, 1.807) is 36.4 Å². The number of fused-ring (bicyclic) bond motifs is 2. The highest BCUT2D eigenvalue weighted by molar-refractivity contribution is 6.12. The molecule has 1 aliphatic carbocycles. The summed E-state index contributed by atoms with van der Waals surface area (Å²) in [6, 6.07) is 14.0.